The van der Waals surface area contributed by atoms with Crippen LogP contribution in [-0.4, -0.2) is 55.9 Å². The molecule has 1 saturated heterocycles. The Kier molecular flexibility index (Phi) is 5.84. The molecule has 2 aromatic heterocycles. The zero-order valence-electron chi connectivity index (χ0n) is 18.4. The average molecular weight is 467 g/mol. The fourth-order valence-electron chi connectivity index (χ4n) is 4.18. The summed E-state index contributed by atoms with van der Waals surface area (Å²) in [6.07, 6.45) is 3.02. The molecule has 176 valence electrons. The molecule has 0 radical (unpaired) electrons. The summed E-state index contributed by atoms with van der Waals surface area (Å²) in [4.78, 5) is 13.0. The minimum atomic E-state index is -0.858. The molecule has 2 aromatic carbocycles. The molecule has 34 heavy (non-hydrogen) atoms. The lowest BCUT2D eigenvalue weighted by molar-refractivity contribution is -0.0261. The smallest absolute Gasteiger partial charge is 0.272 e. The molecule has 1 aliphatic rings. The minimum Gasteiger partial charge on any atom is -0.389 e. The highest BCUT2D eigenvalue weighted by Gasteiger charge is 2.28. The van der Waals surface area contributed by atoms with Crippen molar-refractivity contribution in [3.05, 3.63) is 71.7 Å². The van der Waals surface area contributed by atoms with Crippen molar-refractivity contribution in [2.75, 3.05) is 13.2 Å². The summed E-state index contributed by atoms with van der Waals surface area (Å²) >= 11 is 0. The van der Waals surface area contributed by atoms with Gasteiger partial charge in [-0.15, -0.1) is 0 Å². The highest BCUT2D eigenvalue weighted by Crippen LogP contribution is 2.26. The maximum Gasteiger partial charge on any atom is 0.272 e. The third-order valence-electron chi connectivity index (χ3n) is 6.00. The van der Waals surface area contributed by atoms with Crippen molar-refractivity contribution in [2.24, 2.45) is 7.05 Å². The topological polar surface area (TPSA) is 94.2 Å². The lowest BCUT2D eigenvalue weighted by Gasteiger charge is -2.28. The van der Waals surface area contributed by atoms with Gasteiger partial charge in [-0.25, -0.2) is 8.78 Å². The molecule has 10 heteroatoms. The highest BCUT2D eigenvalue weighted by atomic mass is 19.1. The predicted molar refractivity (Wildman–Crippen MR) is 120 cm³/mol. The van der Waals surface area contributed by atoms with Crippen LogP contribution in [0.2, 0.25) is 0 Å². The van der Waals surface area contributed by atoms with Crippen LogP contribution in [0.4, 0.5) is 8.78 Å². The van der Waals surface area contributed by atoms with Crippen LogP contribution in [-0.2, 0) is 18.3 Å². The monoisotopic (exact) mass is 467 g/mol. The van der Waals surface area contributed by atoms with Crippen molar-refractivity contribution in [2.45, 2.75) is 25.1 Å². The Labute approximate surface area is 193 Å². The zero-order valence-corrected chi connectivity index (χ0v) is 18.4. The van der Waals surface area contributed by atoms with E-state index in [-0.39, 0.29) is 24.2 Å². The molecule has 8 nitrogen and oxygen atoms in total. The fourth-order valence-corrected chi connectivity index (χ4v) is 4.18. The fraction of sp³-hybridized carbons (Fsp3) is 0.292. The van der Waals surface area contributed by atoms with Crippen LogP contribution >= 0.6 is 0 Å². The number of halogens is 2. The highest BCUT2D eigenvalue weighted by molar-refractivity contribution is 6.05. The largest absolute Gasteiger partial charge is 0.389 e. The van der Waals surface area contributed by atoms with Crippen molar-refractivity contribution in [3.8, 4) is 11.1 Å². The van der Waals surface area contributed by atoms with Crippen molar-refractivity contribution in [1.29, 1.82) is 0 Å². The van der Waals surface area contributed by atoms with E-state index in [1.807, 2.05) is 0 Å². The second-order valence-corrected chi connectivity index (χ2v) is 8.36. The molecule has 2 N–H and O–H groups in total. The molecular formula is C24H23F2N5O3. The van der Waals surface area contributed by atoms with E-state index in [1.54, 1.807) is 42.3 Å². The van der Waals surface area contributed by atoms with Gasteiger partial charge in [-0.3, -0.25) is 14.2 Å². The summed E-state index contributed by atoms with van der Waals surface area (Å²) < 4.78 is 38.0. The van der Waals surface area contributed by atoms with Gasteiger partial charge in [0, 0.05) is 31.0 Å². The number of aliphatic hydroxyl groups excluding tert-OH is 1. The third-order valence-corrected chi connectivity index (χ3v) is 6.00. The Morgan fingerprint density at radius 2 is 2.09 bits per heavy atom. The zero-order chi connectivity index (χ0) is 23.8. The number of carbonyl (C=O) groups is 1. The standard InChI is InChI=1S/C24H23F2N5O3/c1-30-11-16(10-27-30)14-5-6-15(18(26)9-14)12-31-20-4-2-3-17(25)22(20)23(29-31)24(33)28-19-7-8-34-13-21(19)32/h2-6,9-11,19,21,32H,7-8,12-13H2,1H3,(H,28,33). The van der Waals surface area contributed by atoms with Gasteiger partial charge >= 0.3 is 0 Å². The number of aromatic nitrogens is 4. The first-order valence-corrected chi connectivity index (χ1v) is 10.9. The van der Waals surface area contributed by atoms with E-state index in [0.29, 0.717) is 29.7 Å². The predicted octanol–water partition coefficient (Wildman–Crippen LogP) is 2.64. The molecule has 3 heterocycles. The quantitative estimate of drug-likeness (QED) is 0.471. The van der Waals surface area contributed by atoms with E-state index >= 15 is 0 Å². The van der Waals surface area contributed by atoms with Crippen molar-refractivity contribution >= 4 is 16.8 Å². The number of nitrogens with zero attached hydrogens (tertiary/aromatic N) is 4. The van der Waals surface area contributed by atoms with Crippen molar-refractivity contribution in [3.63, 3.8) is 0 Å². The van der Waals surface area contributed by atoms with E-state index in [4.69, 9.17) is 4.74 Å². The SMILES string of the molecule is Cn1cc(-c2ccc(Cn3nc(C(=O)NC4CCOCC4O)c4c(F)cccc43)c(F)c2)cn1. The maximum absolute atomic E-state index is 15.0. The van der Waals surface area contributed by atoms with Crippen LogP contribution in [0.1, 0.15) is 22.5 Å². The van der Waals surface area contributed by atoms with Crippen molar-refractivity contribution < 1.29 is 23.4 Å². The van der Waals surface area contributed by atoms with E-state index < -0.39 is 29.7 Å². The number of ether oxygens (including phenoxy) is 1. The molecule has 0 bridgehead atoms. The van der Waals surface area contributed by atoms with Crippen LogP contribution in [0, 0.1) is 11.6 Å². The number of nitrogens with one attached hydrogen (secondary N) is 1. The van der Waals surface area contributed by atoms with Gasteiger partial charge < -0.3 is 15.2 Å². The minimum absolute atomic E-state index is 0.00623. The second-order valence-electron chi connectivity index (χ2n) is 8.36. The molecule has 1 amide bonds. The molecule has 0 spiro atoms. The summed E-state index contributed by atoms with van der Waals surface area (Å²) in [5, 5.41) is 21.3. The molecule has 2 atom stereocenters. The van der Waals surface area contributed by atoms with Gasteiger partial charge in [0.2, 0.25) is 0 Å². The first-order valence-electron chi connectivity index (χ1n) is 10.9. The Balaban J connectivity index is 1.46. The number of fused-ring (bicyclic) bond motifs is 1. The average Bonchev–Trinajstić information content (AvgIpc) is 3.41. The number of carbonyl (C=O) groups excluding carboxylic acids is 1. The number of hydrogen-bond donors (Lipinski definition) is 2. The van der Waals surface area contributed by atoms with Gasteiger partial charge in [-0.1, -0.05) is 18.2 Å². The number of aryl methyl sites for hydroxylation is 1. The van der Waals surface area contributed by atoms with Gasteiger partial charge in [-0.2, -0.15) is 10.2 Å². The Morgan fingerprint density at radius 1 is 1.24 bits per heavy atom. The summed E-state index contributed by atoms with van der Waals surface area (Å²) in [7, 11) is 1.78. The van der Waals surface area contributed by atoms with E-state index in [1.165, 1.54) is 22.9 Å². The van der Waals surface area contributed by atoms with Gasteiger partial charge in [-0.05, 0) is 30.2 Å². The number of aliphatic hydroxyl groups is 1. The molecule has 1 fully saturated rings. The number of benzene rings is 2. The number of hydrogen-bond acceptors (Lipinski definition) is 5. The Morgan fingerprint density at radius 3 is 2.82 bits per heavy atom. The van der Waals surface area contributed by atoms with Crippen LogP contribution in [0.25, 0.3) is 22.0 Å². The summed E-state index contributed by atoms with van der Waals surface area (Å²) in [6, 6.07) is 8.71. The van der Waals surface area contributed by atoms with E-state index in [0.717, 1.165) is 5.56 Å². The molecule has 0 saturated carbocycles. The van der Waals surface area contributed by atoms with E-state index in [9.17, 15) is 18.7 Å². The lowest BCUT2D eigenvalue weighted by atomic mass is 10.1. The van der Waals surface area contributed by atoms with Gasteiger partial charge in [0.05, 0.1) is 42.4 Å². The molecule has 4 aromatic rings. The summed E-state index contributed by atoms with van der Waals surface area (Å²) in [5.74, 6) is -1.65. The number of rotatable bonds is 5. The van der Waals surface area contributed by atoms with Crippen molar-refractivity contribution in [1.82, 2.24) is 24.9 Å². The maximum atomic E-state index is 15.0. The molecule has 2 unspecified atom stereocenters. The van der Waals surface area contributed by atoms with E-state index in [2.05, 4.69) is 15.5 Å². The molecule has 5 rings (SSSR count). The molecule has 0 aliphatic carbocycles. The molecular weight excluding hydrogens is 444 g/mol. The Bertz CT molecular complexity index is 1370. The van der Waals surface area contributed by atoms with Crippen LogP contribution in [0.5, 0.6) is 0 Å². The van der Waals surface area contributed by atoms with Crippen LogP contribution < -0.4 is 5.32 Å². The first-order chi connectivity index (χ1) is 16.4. The first kappa shape index (κ1) is 22.2. The normalized spacial score (nSPS) is 18.4. The van der Waals surface area contributed by atoms with Gasteiger partial charge in [0.1, 0.15) is 11.6 Å². The summed E-state index contributed by atoms with van der Waals surface area (Å²) in [6.45, 7) is 0.523. The second kappa shape index (κ2) is 8.96. The molecule has 1 aliphatic heterocycles. The van der Waals surface area contributed by atoms with Crippen LogP contribution in [0.15, 0.2) is 48.8 Å². The van der Waals surface area contributed by atoms with Crippen LogP contribution in [0.3, 0.4) is 0 Å². The Hall–Kier alpha value is -3.63. The van der Waals surface area contributed by atoms with Gasteiger partial charge in [0.25, 0.3) is 5.91 Å². The third kappa shape index (κ3) is 4.17. The lowest BCUT2D eigenvalue weighted by Crippen LogP contribution is -2.48. The van der Waals surface area contributed by atoms with Gasteiger partial charge in [0.15, 0.2) is 5.69 Å². The summed E-state index contributed by atoms with van der Waals surface area (Å²) in [5.41, 5.74) is 2.07. The number of amides is 1.